The van der Waals surface area contributed by atoms with E-state index in [2.05, 4.69) is 10.6 Å². The monoisotopic (exact) mass is 289 g/mol. The van der Waals surface area contributed by atoms with Gasteiger partial charge in [-0.3, -0.25) is 4.79 Å². The number of carbonyl (C=O) groups excluding carboxylic acids is 1. The summed E-state index contributed by atoms with van der Waals surface area (Å²) in [4.78, 5) is 22.0. The van der Waals surface area contributed by atoms with E-state index in [1.54, 1.807) is 24.3 Å². The summed E-state index contributed by atoms with van der Waals surface area (Å²) in [5.41, 5.74) is 1.48. The van der Waals surface area contributed by atoms with E-state index < -0.39 is 5.97 Å². The van der Waals surface area contributed by atoms with Crippen LogP contribution in [0.25, 0.3) is 0 Å². The second-order valence-electron chi connectivity index (χ2n) is 4.91. The number of aliphatic carboxylic acids is 1. The molecule has 112 valence electrons. The average Bonchev–Trinajstić information content (AvgIpc) is 2.49. The Labute approximate surface area is 123 Å². The van der Waals surface area contributed by atoms with Gasteiger partial charge in [0.1, 0.15) is 0 Å². The number of amides is 2. The molecule has 0 heterocycles. The summed E-state index contributed by atoms with van der Waals surface area (Å²) in [6, 6.07) is 8.71. The summed E-state index contributed by atoms with van der Waals surface area (Å²) in [6.45, 7) is 2.71. The maximum absolute atomic E-state index is 11.6. The zero-order valence-electron chi connectivity index (χ0n) is 11.9. The first-order valence-electron chi connectivity index (χ1n) is 6.73. The maximum Gasteiger partial charge on any atom is 0.315 e. The zero-order chi connectivity index (χ0) is 15.7. The topological polar surface area (TPSA) is 102 Å². The quantitative estimate of drug-likeness (QED) is 0.713. The number of carboxylic acids is 1. The third kappa shape index (κ3) is 6.97. The van der Waals surface area contributed by atoms with E-state index in [1.165, 1.54) is 0 Å². The lowest BCUT2D eigenvalue weighted by atomic mass is 10.1. The van der Waals surface area contributed by atoms with Crippen LogP contribution in [0, 0.1) is 17.2 Å². The molecule has 0 aliphatic carbocycles. The second-order valence-corrected chi connectivity index (χ2v) is 4.91. The van der Waals surface area contributed by atoms with Crippen molar-refractivity contribution in [2.24, 2.45) is 5.92 Å². The second kappa shape index (κ2) is 8.59. The Morgan fingerprint density at radius 2 is 1.95 bits per heavy atom. The molecule has 0 aliphatic heterocycles. The molecule has 0 aliphatic rings. The summed E-state index contributed by atoms with van der Waals surface area (Å²) >= 11 is 0. The molecule has 1 aromatic rings. The van der Waals surface area contributed by atoms with E-state index in [4.69, 9.17) is 10.4 Å². The van der Waals surface area contributed by atoms with E-state index in [9.17, 15) is 9.59 Å². The normalized spacial score (nSPS) is 11.2. The molecule has 6 heteroatoms. The first-order chi connectivity index (χ1) is 10.0. The van der Waals surface area contributed by atoms with Crippen molar-refractivity contribution in [1.82, 2.24) is 10.6 Å². The first-order valence-corrected chi connectivity index (χ1v) is 6.73. The Morgan fingerprint density at radius 1 is 1.29 bits per heavy atom. The van der Waals surface area contributed by atoms with Crippen molar-refractivity contribution in [3.63, 3.8) is 0 Å². The van der Waals surface area contributed by atoms with Gasteiger partial charge in [0.25, 0.3) is 0 Å². The van der Waals surface area contributed by atoms with Crippen LogP contribution in [0.5, 0.6) is 0 Å². The Kier molecular flexibility index (Phi) is 6.75. The number of nitrogens with one attached hydrogen (secondary N) is 2. The van der Waals surface area contributed by atoms with Crippen LogP contribution in [0.2, 0.25) is 0 Å². The van der Waals surface area contributed by atoms with E-state index in [1.807, 2.05) is 13.0 Å². The number of rotatable bonds is 7. The van der Waals surface area contributed by atoms with Crippen LogP contribution in [0.1, 0.15) is 30.9 Å². The molecule has 0 aromatic heterocycles. The minimum absolute atomic E-state index is 0.107. The number of nitriles is 1. The highest BCUT2D eigenvalue weighted by molar-refractivity contribution is 5.73. The van der Waals surface area contributed by atoms with Crippen molar-refractivity contribution in [3.8, 4) is 6.07 Å². The van der Waals surface area contributed by atoms with Crippen LogP contribution in [0.3, 0.4) is 0 Å². The van der Waals surface area contributed by atoms with Crippen LogP contribution in [0.15, 0.2) is 24.3 Å². The number of carboxylic acid groups (broad SMARTS) is 1. The molecule has 1 rings (SSSR count). The molecule has 0 saturated heterocycles. The average molecular weight is 289 g/mol. The molecule has 21 heavy (non-hydrogen) atoms. The molecule has 0 saturated carbocycles. The molecule has 3 N–H and O–H groups in total. The van der Waals surface area contributed by atoms with Gasteiger partial charge in [-0.25, -0.2) is 4.79 Å². The lowest BCUT2D eigenvalue weighted by Gasteiger charge is -2.12. The molecule has 6 nitrogen and oxygen atoms in total. The number of carbonyl (C=O) groups is 2. The largest absolute Gasteiger partial charge is 0.481 e. The Morgan fingerprint density at radius 3 is 2.52 bits per heavy atom. The zero-order valence-corrected chi connectivity index (χ0v) is 11.9. The fraction of sp³-hybridized carbons (Fsp3) is 0.400. The Hall–Kier alpha value is -2.55. The minimum Gasteiger partial charge on any atom is -0.481 e. The lowest BCUT2D eigenvalue weighted by Crippen LogP contribution is -2.37. The minimum atomic E-state index is -0.827. The van der Waals surface area contributed by atoms with Crippen LogP contribution >= 0.6 is 0 Å². The van der Waals surface area contributed by atoms with Gasteiger partial charge < -0.3 is 15.7 Å². The molecule has 1 unspecified atom stereocenters. The number of benzene rings is 1. The third-order valence-corrected chi connectivity index (χ3v) is 3.00. The molecule has 0 bridgehead atoms. The summed E-state index contributed by atoms with van der Waals surface area (Å²) in [7, 11) is 0. The van der Waals surface area contributed by atoms with Crippen molar-refractivity contribution in [2.75, 3.05) is 6.54 Å². The highest BCUT2D eigenvalue weighted by atomic mass is 16.4. The van der Waals surface area contributed by atoms with Gasteiger partial charge >= 0.3 is 12.0 Å². The number of hydrogen-bond donors (Lipinski definition) is 3. The van der Waals surface area contributed by atoms with Crippen LogP contribution in [-0.2, 0) is 11.3 Å². The number of nitrogens with zero attached hydrogens (tertiary/aromatic N) is 1. The first kappa shape index (κ1) is 16.5. The molecular formula is C15H19N3O3. The molecule has 0 radical (unpaired) electrons. The Balaban J connectivity index is 2.24. The van der Waals surface area contributed by atoms with Crippen molar-refractivity contribution in [3.05, 3.63) is 35.4 Å². The van der Waals surface area contributed by atoms with Crippen molar-refractivity contribution in [2.45, 2.75) is 26.3 Å². The predicted molar refractivity (Wildman–Crippen MR) is 77.4 cm³/mol. The summed E-state index contributed by atoms with van der Waals surface area (Å²) in [5.74, 6) is -0.714. The van der Waals surface area contributed by atoms with Gasteiger partial charge in [-0.2, -0.15) is 5.26 Å². The summed E-state index contributed by atoms with van der Waals surface area (Å²) in [5, 5.41) is 22.7. The van der Waals surface area contributed by atoms with E-state index in [0.717, 1.165) is 5.56 Å². The van der Waals surface area contributed by atoms with E-state index in [0.29, 0.717) is 25.1 Å². The van der Waals surface area contributed by atoms with Gasteiger partial charge in [-0.15, -0.1) is 0 Å². The standard InChI is InChI=1S/C15H19N3O3/c1-11(2-7-14(19)20)9-17-15(21)18-10-13-5-3-12(8-16)4-6-13/h3-6,11H,2,7,9-10H2,1H3,(H,19,20)(H2,17,18,21). The molecule has 0 spiro atoms. The van der Waals surface area contributed by atoms with Crippen LogP contribution < -0.4 is 10.6 Å². The predicted octanol–water partition coefficient (Wildman–Crippen LogP) is 1.86. The van der Waals surface area contributed by atoms with Gasteiger partial charge in [0.2, 0.25) is 0 Å². The highest BCUT2D eigenvalue weighted by Gasteiger charge is 2.07. The number of hydrogen-bond acceptors (Lipinski definition) is 3. The smallest absolute Gasteiger partial charge is 0.315 e. The summed E-state index contributed by atoms with van der Waals surface area (Å²) < 4.78 is 0. The van der Waals surface area contributed by atoms with Crippen LogP contribution in [0.4, 0.5) is 4.79 Å². The number of urea groups is 1. The molecule has 0 fully saturated rings. The molecular weight excluding hydrogens is 270 g/mol. The third-order valence-electron chi connectivity index (χ3n) is 3.00. The fourth-order valence-corrected chi connectivity index (χ4v) is 1.68. The Bertz CT molecular complexity index is 520. The highest BCUT2D eigenvalue weighted by Crippen LogP contribution is 2.04. The van der Waals surface area contributed by atoms with Gasteiger partial charge in [-0.05, 0) is 30.0 Å². The molecule has 1 atom stereocenters. The van der Waals surface area contributed by atoms with Crippen LogP contribution in [-0.4, -0.2) is 23.7 Å². The maximum atomic E-state index is 11.6. The van der Waals surface area contributed by atoms with Gasteiger partial charge in [0, 0.05) is 19.5 Å². The van der Waals surface area contributed by atoms with Gasteiger partial charge in [-0.1, -0.05) is 19.1 Å². The fourth-order valence-electron chi connectivity index (χ4n) is 1.68. The van der Waals surface area contributed by atoms with Crippen molar-refractivity contribution in [1.29, 1.82) is 5.26 Å². The van der Waals surface area contributed by atoms with E-state index >= 15 is 0 Å². The van der Waals surface area contributed by atoms with Gasteiger partial charge in [0.15, 0.2) is 0 Å². The summed E-state index contributed by atoms with van der Waals surface area (Å²) in [6.07, 6.45) is 0.640. The van der Waals surface area contributed by atoms with Crippen molar-refractivity contribution >= 4 is 12.0 Å². The SMILES string of the molecule is CC(CCC(=O)O)CNC(=O)NCc1ccc(C#N)cc1. The van der Waals surface area contributed by atoms with Gasteiger partial charge in [0.05, 0.1) is 11.6 Å². The molecule has 2 amide bonds. The van der Waals surface area contributed by atoms with Crippen molar-refractivity contribution < 1.29 is 14.7 Å². The lowest BCUT2D eigenvalue weighted by molar-refractivity contribution is -0.137. The molecule has 1 aromatic carbocycles. The van der Waals surface area contributed by atoms with E-state index in [-0.39, 0.29) is 18.4 Å².